The molecule has 1 rings (SSSR count). The lowest BCUT2D eigenvalue weighted by Gasteiger charge is -2.25. The first-order valence-corrected chi connectivity index (χ1v) is 4.38. The number of ether oxygens (including phenoxy) is 1. The summed E-state index contributed by atoms with van der Waals surface area (Å²) in [5.41, 5.74) is 0. The summed E-state index contributed by atoms with van der Waals surface area (Å²) in [5.74, 6) is 0. The normalized spacial score (nSPS) is 21.2. The Morgan fingerprint density at radius 2 is 2.00 bits per heavy atom. The van der Waals surface area contributed by atoms with Crippen molar-refractivity contribution >= 4 is 0 Å². The van der Waals surface area contributed by atoms with Gasteiger partial charge >= 0.3 is 0 Å². The van der Waals surface area contributed by atoms with Gasteiger partial charge in [0.2, 0.25) is 0 Å². The fraction of sp³-hybridized carbons (Fsp3) is 0.778. The van der Waals surface area contributed by atoms with Crippen LogP contribution in [0.1, 0.15) is 13.3 Å². The van der Waals surface area contributed by atoms with E-state index in [0.717, 1.165) is 39.3 Å². The molecule has 0 spiro atoms. The van der Waals surface area contributed by atoms with E-state index in [1.165, 1.54) is 0 Å². The third kappa shape index (κ3) is 3.54. The summed E-state index contributed by atoms with van der Waals surface area (Å²) in [4.78, 5) is 2.41. The highest BCUT2D eigenvalue weighted by Crippen LogP contribution is 1.96. The number of hydrogen-bond donors (Lipinski definition) is 0. The second-order valence-electron chi connectivity index (χ2n) is 2.79. The maximum atomic E-state index is 5.24. The van der Waals surface area contributed by atoms with Crippen molar-refractivity contribution in [1.29, 1.82) is 0 Å². The van der Waals surface area contributed by atoms with Crippen LogP contribution in [0.3, 0.4) is 0 Å². The molecule has 0 aromatic rings. The largest absolute Gasteiger partial charge is 0.379 e. The molecule has 0 amide bonds. The average Bonchev–Trinajstić information content (AvgIpc) is 2.07. The Balaban J connectivity index is 2.09. The van der Waals surface area contributed by atoms with Crippen LogP contribution in [-0.2, 0) is 4.74 Å². The molecule has 0 atom stereocenters. The lowest BCUT2D eigenvalue weighted by molar-refractivity contribution is 0.0434. The molecule has 0 aromatic carbocycles. The fourth-order valence-electron chi connectivity index (χ4n) is 1.17. The van der Waals surface area contributed by atoms with Gasteiger partial charge < -0.3 is 4.74 Å². The van der Waals surface area contributed by atoms with E-state index >= 15 is 0 Å². The number of rotatable bonds is 3. The standard InChI is InChI=1S/C9H17NO/c1-2-3-4-5-10-6-8-11-9-7-10/h3-4H,2,5-9H2,1H3/b4-3-. The minimum atomic E-state index is 0.903. The van der Waals surface area contributed by atoms with E-state index in [1.54, 1.807) is 0 Å². The molecule has 1 saturated heterocycles. The summed E-state index contributed by atoms with van der Waals surface area (Å²) in [6.07, 6.45) is 5.60. The predicted octanol–water partition coefficient (Wildman–Crippen LogP) is 1.28. The first kappa shape index (κ1) is 8.75. The zero-order chi connectivity index (χ0) is 7.94. The van der Waals surface area contributed by atoms with E-state index in [2.05, 4.69) is 24.0 Å². The SMILES string of the molecule is CC/C=C\CN1CCOCC1. The Morgan fingerprint density at radius 3 is 2.64 bits per heavy atom. The van der Waals surface area contributed by atoms with Gasteiger partial charge in [0.05, 0.1) is 13.2 Å². The molecule has 2 nitrogen and oxygen atoms in total. The summed E-state index contributed by atoms with van der Waals surface area (Å²) in [6.45, 7) is 7.25. The van der Waals surface area contributed by atoms with Gasteiger partial charge in [0.25, 0.3) is 0 Å². The third-order valence-corrected chi connectivity index (χ3v) is 1.87. The van der Waals surface area contributed by atoms with E-state index in [9.17, 15) is 0 Å². The smallest absolute Gasteiger partial charge is 0.0594 e. The molecular formula is C9H17NO. The van der Waals surface area contributed by atoms with Gasteiger partial charge in [-0.25, -0.2) is 0 Å². The molecule has 0 unspecified atom stereocenters. The Labute approximate surface area is 68.8 Å². The van der Waals surface area contributed by atoms with Crippen LogP contribution in [-0.4, -0.2) is 37.7 Å². The highest BCUT2D eigenvalue weighted by molar-refractivity contribution is 4.84. The molecule has 0 aliphatic carbocycles. The Morgan fingerprint density at radius 1 is 1.27 bits per heavy atom. The Kier molecular flexibility index (Phi) is 4.24. The van der Waals surface area contributed by atoms with Crippen molar-refractivity contribution in [3.05, 3.63) is 12.2 Å². The lowest BCUT2D eigenvalue weighted by Crippen LogP contribution is -2.36. The summed E-state index contributed by atoms with van der Waals surface area (Å²) in [7, 11) is 0. The molecule has 0 aromatic heterocycles. The van der Waals surface area contributed by atoms with Gasteiger partial charge in [-0.15, -0.1) is 0 Å². The summed E-state index contributed by atoms with van der Waals surface area (Å²) >= 11 is 0. The average molecular weight is 155 g/mol. The van der Waals surface area contributed by atoms with Gasteiger partial charge in [-0.05, 0) is 6.42 Å². The van der Waals surface area contributed by atoms with E-state index < -0.39 is 0 Å². The number of allylic oxidation sites excluding steroid dienone is 1. The molecule has 1 heterocycles. The van der Waals surface area contributed by atoms with Crippen LogP contribution in [0, 0.1) is 0 Å². The summed E-state index contributed by atoms with van der Waals surface area (Å²) < 4.78 is 5.24. The van der Waals surface area contributed by atoms with Crippen molar-refractivity contribution in [2.45, 2.75) is 13.3 Å². The topological polar surface area (TPSA) is 12.5 Å². The third-order valence-electron chi connectivity index (χ3n) is 1.87. The van der Waals surface area contributed by atoms with E-state index in [0.29, 0.717) is 0 Å². The zero-order valence-electron chi connectivity index (χ0n) is 7.25. The highest BCUT2D eigenvalue weighted by atomic mass is 16.5. The van der Waals surface area contributed by atoms with Gasteiger partial charge in [0, 0.05) is 19.6 Å². The molecule has 0 bridgehead atoms. The zero-order valence-corrected chi connectivity index (χ0v) is 7.25. The molecule has 1 aliphatic heterocycles. The fourth-order valence-corrected chi connectivity index (χ4v) is 1.17. The first-order chi connectivity index (χ1) is 5.43. The molecule has 1 aliphatic rings. The summed E-state index contributed by atoms with van der Waals surface area (Å²) in [6, 6.07) is 0. The molecule has 11 heavy (non-hydrogen) atoms. The first-order valence-electron chi connectivity index (χ1n) is 4.38. The van der Waals surface area contributed by atoms with Crippen LogP contribution in [0.5, 0.6) is 0 Å². The van der Waals surface area contributed by atoms with Gasteiger partial charge in [0.15, 0.2) is 0 Å². The van der Waals surface area contributed by atoms with E-state index in [1.807, 2.05) is 0 Å². The van der Waals surface area contributed by atoms with Crippen LogP contribution < -0.4 is 0 Å². The van der Waals surface area contributed by atoms with Crippen molar-refractivity contribution in [3.8, 4) is 0 Å². The number of morpholine rings is 1. The van der Waals surface area contributed by atoms with E-state index in [-0.39, 0.29) is 0 Å². The minimum absolute atomic E-state index is 0.903. The van der Waals surface area contributed by atoms with Crippen molar-refractivity contribution in [2.24, 2.45) is 0 Å². The van der Waals surface area contributed by atoms with Crippen molar-refractivity contribution < 1.29 is 4.74 Å². The molecule has 0 saturated carbocycles. The molecule has 0 radical (unpaired) electrons. The molecular weight excluding hydrogens is 138 g/mol. The Bertz CT molecular complexity index is 117. The van der Waals surface area contributed by atoms with Crippen LogP contribution in [0.4, 0.5) is 0 Å². The molecule has 1 fully saturated rings. The maximum Gasteiger partial charge on any atom is 0.0594 e. The van der Waals surface area contributed by atoms with Crippen LogP contribution in [0.25, 0.3) is 0 Å². The van der Waals surface area contributed by atoms with Gasteiger partial charge in [-0.2, -0.15) is 0 Å². The van der Waals surface area contributed by atoms with Crippen molar-refractivity contribution in [2.75, 3.05) is 32.8 Å². The van der Waals surface area contributed by atoms with Gasteiger partial charge in [0.1, 0.15) is 0 Å². The Hall–Kier alpha value is -0.340. The summed E-state index contributed by atoms with van der Waals surface area (Å²) in [5, 5.41) is 0. The monoisotopic (exact) mass is 155 g/mol. The van der Waals surface area contributed by atoms with Crippen molar-refractivity contribution in [1.82, 2.24) is 4.90 Å². The second kappa shape index (κ2) is 5.33. The highest BCUT2D eigenvalue weighted by Gasteiger charge is 2.06. The molecule has 0 N–H and O–H groups in total. The van der Waals surface area contributed by atoms with Crippen LogP contribution in [0.2, 0.25) is 0 Å². The minimum Gasteiger partial charge on any atom is -0.379 e. The molecule has 2 heteroatoms. The van der Waals surface area contributed by atoms with Crippen LogP contribution in [0.15, 0.2) is 12.2 Å². The molecule has 64 valence electrons. The number of hydrogen-bond acceptors (Lipinski definition) is 2. The quantitative estimate of drug-likeness (QED) is 0.569. The lowest BCUT2D eigenvalue weighted by atomic mass is 10.3. The predicted molar refractivity (Wildman–Crippen MR) is 46.7 cm³/mol. The maximum absolute atomic E-state index is 5.24. The van der Waals surface area contributed by atoms with Gasteiger partial charge in [-0.3, -0.25) is 4.90 Å². The second-order valence-corrected chi connectivity index (χ2v) is 2.79. The van der Waals surface area contributed by atoms with E-state index in [4.69, 9.17) is 4.74 Å². The number of nitrogens with zero attached hydrogens (tertiary/aromatic N) is 1. The van der Waals surface area contributed by atoms with Gasteiger partial charge in [-0.1, -0.05) is 19.1 Å². The van der Waals surface area contributed by atoms with Crippen molar-refractivity contribution in [3.63, 3.8) is 0 Å². The van der Waals surface area contributed by atoms with Crippen LogP contribution >= 0.6 is 0 Å².